The molecule has 0 unspecified atom stereocenters. The molecular formula is C30H24N4. The van der Waals surface area contributed by atoms with Crippen molar-refractivity contribution in [3.05, 3.63) is 127 Å². The van der Waals surface area contributed by atoms with Crippen molar-refractivity contribution in [2.45, 2.75) is 5.92 Å². The zero-order chi connectivity index (χ0) is 22.7. The van der Waals surface area contributed by atoms with Crippen molar-refractivity contribution < 1.29 is 0 Å². The smallest absolute Gasteiger partial charge is 0.162 e. The molecule has 0 aliphatic carbocycles. The molecule has 0 saturated carbocycles. The van der Waals surface area contributed by atoms with Crippen LogP contribution in [0.3, 0.4) is 0 Å². The normalized spacial score (nSPS) is 11.3. The quantitative estimate of drug-likeness (QED) is 0.292. The minimum Gasteiger partial charge on any atom is -0.368 e. The lowest BCUT2D eigenvalue weighted by atomic mass is 9.91. The van der Waals surface area contributed by atoms with E-state index >= 15 is 0 Å². The molecule has 34 heavy (non-hydrogen) atoms. The standard InChI is InChI=1S/C30H24N4/c1-3-9-21(10-4-1)26(22-11-5-2-6-12-22)20-32-30-25-13-7-8-14-28(25)33-29(34-30)24-15-16-27-23(19-24)17-18-31-27/h1-19,26,31H,20H2,(H,32,33,34). The van der Waals surface area contributed by atoms with Gasteiger partial charge < -0.3 is 10.3 Å². The van der Waals surface area contributed by atoms with Gasteiger partial charge >= 0.3 is 0 Å². The van der Waals surface area contributed by atoms with Gasteiger partial charge in [0.25, 0.3) is 0 Å². The molecule has 0 atom stereocenters. The first-order valence-corrected chi connectivity index (χ1v) is 11.5. The number of benzene rings is 4. The lowest BCUT2D eigenvalue weighted by Gasteiger charge is -2.20. The molecule has 0 aliphatic heterocycles. The Balaban J connectivity index is 1.40. The summed E-state index contributed by atoms with van der Waals surface area (Å²) in [7, 11) is 0. The number of hydrogen-bond donors (Lipinski definition) is 2. The zero-order valence-electron chi connectivity index (χ0n) is 18.6. The molecule has 0 spiro atoms. The van der Waals surface area contributed by atoms with Crippen LogP contribution in [0.2, 0.25) is 0 Å². The molecule has 6 rings (SSSR count). The average molecular weight is 441 g/mol. The van der Waals surface area contributed by atoms with E-state index in [9.17, 15) is 0 Å². The van der Waals surface area contributed by atoms with Crippen molar-refractivity contribution in [3.63, 3.8) is 0 Å². The number of aromatic amines is 1. The average Bonchev–Trinajstić information content (AvgIpc) is 3.38. The Labute approximate surface area is 198 Å². The Hall–Kier alpha value is -4.44. The fraction of sp³-hybridized carbons (Fsp3) is 0.0667. The van der Waals surface area contributed by atoms with Crippen LogP contribution in [-0.2, 0) is 0 Å². The summed E-state index contributed by atoms with van der Waals surface area (Å²) in [5, 5.41) is 5.84. The van der Waals surface area contributed by atoms with Crippen LogP contribution in [0.15, 0.2) is 115 Å². The molecule has 2 heterocycles. The number of H-pyrrole nitrogens is 1. The van der Waals surface area contributed by atoms with Crippen LogP contribution in [0.4, 0.5) is 5.82 Å². The number of aromatic nitrogens is 3. The largest absolute Gasteiger partial charge is 0.368 e. The van der Waals surface area contributed by atoms with Crippen LogP contribution in [0.25, 0.3) is 33.2 Å². The minimum absolute atomic E-state index is 0.204. The minimum atomic E-state index is 0.204. The molecule has 2 N–H and O–H groups in total. The molecule has 4 aromatic carbocycles. The van der Waals surface area contributed by atoms with Gasteiger partial charge in [-0.3, -0.25) is 0 Å². The zero-order valence-corrected chi connectivity index (χ0v) is 18.6. The molecule has 164 valence electrons. The predicted octanol–water partition coefficient (Wildman–Crippen LogP) is 7.02. The number of nitrogens with zero attached hydrogens (tertiary/aromatic N) is 2. The molecular weight excluding hydrogens is 416 g/mol. The number of nitrogens with one attached hydrogen (secondary N) is 2. The molecule has 4 nitrogen and oxygen atoms in total. The monoisotopic (exact) mass is 440 g/mol. The van der Waals surface area contributed by atoms with E-state index in [1.165, 1.54) is 11.1 Å². The third-order valence-electron chi connectivity index (χ3n) is 6.29. The molecule has 0 amide bonds. The van der Waals surface area contributed by atoms with Crippen molar-refractivity contribution in [2.24, 2.45) is 0 Å². The summed E-state index contributed by atoms with van der Waals surface area (Å²) in [5.41, 5.74) is 5.59. The van der Waals surface area contributed by atoms with Crippen molar-refractivity contribution in [1.82, 2.24) is 15.0 Å². The first-order valence-electron chi connectivity index (χ1n) is 11.5. The van der Waals surface area contributed by atoms with E-state index in [1.807, 2.05) is 24.4 Å². The summed E-state index contributed by atoms with van der Waals surface area (Å²) in [6.07, 6.45) is 1.95. The highest BCUT2D eigenvalue weighted by Gasteiger charge is 2.16. The van der Waals surface area contributed by atoms with Crippen molar-refractivity contribution in [1.29, 1.82) is 0 Å². The first-order chi connectivity index (χ1) is 16.8. The fourth-order valence-corrected chi connectivity index (χ4v) is 4.53. The maximum absolute atomic E-state index is 4.99. The van der Waals surface area contributed by atoms with Gasteiger partial charge in [0.2, 0.25) is 0 Å². The Morgan fingerprint density at radius 1 is 0.706 bits per heavy atom. The van der Waals surface area contributed by atoms with Gasteiger partial charge in [-0.25, -0.2) is 9.97 Å². The van der Waals surface area contributed by atoms with Gasteiger partial charge in [-0.2, -0.15) is 0 Å². The van der Waals surface area contributed by atoms with Gasteiger partial charge in [-0.05, 0) is 47.5 Å². The van der Waals surface area contributed by atoms with Gasteiger partial charge in [0.15, 0.2) is 5.82 Å². The summed E-state index contributed by atoms with van der Waals surface area (Å²) in [6.45, 7) is 0.727. The molecule has 0 bridgehead atoms. The first kappa shape index (κ1) is 20.2. The highest BCUT2D eigenvalue weighted by molar-refractivity contribution is 5.91. The second-order valence-corrected chi connectivity index (χ2v) is 8.45. The summed E-state index contributed by atoms with van der Waals surface area (Å²) in [6, 6.07) is 37.8. The molecule has 0 saturated heterocycles. The molecule has 2 aromatic heterocycles. The van der Waals surface area contributed by atoms with Crippen LogP contribution >= 0.6 is 0 Å². The lowest BCUT2D eigenvalue weighted by Crippen LogP contribution is -2.15. The molecule has 0 radical (unpaired) electrons. The fourth-order valence-electron chi connectivity index (χ4n) is 4.53. The summed E-state index contributed by atoms with van der Waals surface area (Å²) in [4.78, 5) is 13.1. The molecule has 6 aromatic rings. The second kappa shape index (κ2) is 8.83. The summed E-state index contributed by atoms with van der Waals surface area (Å²) < 4.78 is 0. The van der Waals surface area contributed by atoms with Gasteiger partial charge in [0, 0.05) is 40.5 Å². The topological polar surface area (TPSA) is 53.6 Å². The van der Waals surface area contributed by atoms with Crippen LogP contribution in [0.5, 0.6) is 0 Å². The van der Waals surface area contributed by atoms with E-state index in [0.29, 0.717) is 0 Å². The van der Waals surface area contributed by atoms with Gasteiger partial charge in [-0.1, -0.05) is 72.8 Å². The van der Waals surface area contributed by atoms with Gasteiger partial charge in [-0.15, -0.1) is 0 Å². The Morgan fingerprint density at radius 2 is 1.41 bits per heavy atom. The number of hydrogen-bond acceptors (Lipinski definition) is 3. The predicted molar refractivity (Wildman–Crippen MR) is 140 cm³/mol. The molecule has 0 fully saturated rings. The highest BCUT2D eigenvalue weighted by Crippen LogP contribution is 2.29. The number of fused-ring (bicyclic) bond motifs is 2. The van der Waals surface area contributed by atoms with E-state index in [1.54, 1.807) is 0 Å². The van der Waals surface area contributed by atoms with Crippen LogP contribution in [0, 0.1) is 0 Å². The number of anilines is 1. The van der Waals surface area contributed by atoms with Crippen LogP contribution in [-0.4, -0.2) is 21.5 Å². The highest BCUT2D eigenvalue weighted by atomic mass is 15.0. The van der Waals surface area contributed by atoms with Gasteiger partial charge in [0.1, 0.15) is 5.82 Å². The Bertz CT molecular complexity index is 1520. The van der Waals surface area contributed by atoms with Crippen molar-refractivity contribution in [2.75, 3.05) is 11.9 Å². The number of rotatable bonds is 6. The Kier molecular flexibility index (Phi) is 5.24. The van der Waals surface area contributed by atoms with Crippen molar-refractivity contribution in [3.8, 4) is 11.4 Å². The van der Waals surface area contributed by atoms with E-state index in [4.69, 9.17) is 9.97 Å². The maximum atomic E-state index is 4.99. The van der Waals surface area contributed by atoms with E-state index in [-0.39, 0.29) is 5.92 Å². The summed E-state index contributed by atoms with van der Waals surface area (Å²) >= 11 is 0. The van der Waals surface area contributed by atoms with Crippen LogP contribution in [0.1, 0.15) is 17.0 Å². The van der Waals surface area contributed by atoms with Gasteiger partial charge in [0.05, 0.1) is 5.52 Å². The third kappa shape index (κ3) is 3.90. The third-order valence-corrected chi connectivity index (χ3v) is 6.29. The molecule has 4 heteroatoms. The van der Waals surface area contributed by atoms with Crippen molar-refractivity contribution >= 4 is 27.6 Å². The Morgan fingerprint density at radius 3 is 2.18 bits per heavy atom. The molecule has 0 aliphatic rings. The van der Waals surface area contributed by atoms with E-state index in [0.717, 1.165) is 45.6 Å². The van der Waals surface area contributed by atoms with Crippen LogP contribution < -0.4 is 5.32 Å². The van der Waals surface area contributed by atoms with E-state index in [2.05, 4.69) is 101 Å². The maximum Gasteiger partial charge on any atom is 0.162 e. The van der Waals surface area contributed by atoms with E-state index < -0.39 is 0 Å². The second-order valence-electron chi connectivity index (χ2n) is 8.45. The summed E-state index contributed by atoms with van der Waals surface area (Å²) in [5.74, 6) is 1.78. The SMILES string of the molecule is c1ccc(C(CNc2nc(-c3ccc4[nH]ccc4c3)nc3ccccc23)c2ccccc2)cc1. The number of para-hydroxylation sites is 1. The lowest BCUT2D eigenvalue weighted by molar-refractivity contribution is 0.849.